The molecule has 0 saturated carbocycles. The molecule has 0 amide bonds. The molecule has 1 N–H and O–H groups in total. The number of hydrogen-bond donors (Lipinski definition) is 1. The van der Waals surface area contributed by atoms with Crippen molar-refractivity contribution in [2.45, 2.75) is 0 Å². The maximum atomic E-state index is 11.3. The maximum Gasteiger partial charge on any atom is 0.301 e. The van der Waals surface area contributed by atoms with Crippen molar-refractivity contribution in [2.24, 2.45) is 5.10 Å². The molecule has 11 heteroatoms. The lowest BCUT2D eigenvalue weighted by molar-refractivity contribution is -0.393. The third-order valence-corrected chi connectivity index (χ3v) is 4.62. The van der Waals surface area contributed by atoms with Crippen LogP contribution in [-0.4, -0.2) is 20.5 Å². The SMILES string of the molecule is O=[N+]([O-])c1ccc2c(c1)/C(=N/Nc1ccc([N+](=O)[O-])cc1[N+](=O)[O-])c1ccccc1-2. The Labute approximate surface area is 167 Å². The molecule has 11 nitrogen and oxygen atoms in total. The second-order valence-corrected chi connectivity index (χ2v) is 6.32. The van der Waals surface area contributed by atoms with E-state index in [2.05, 4.69) is 10.5 Å². The molecule has 1 aliphatic carbocycles. The van der Waals surface area contributed by atoms with Gasteiger partial charge in [0, 0.05) is 29.3 Å². The fourth-order valence-corrected chi connectivity index (χ4v) is 3.26. The Bertz CT molecular complexity index is 1270. The number of nitro groups is 3. The van der Waals surface area contributed by atoms with Gasteiger partial charge in [0.05, 0.1) is 26.5 Å². The highest BCUT2D eigenvalue weighted by atomic mass is 16.6. The zero-order valence-electron chi connectivity index (χ0n) is 15.0. The molecule has 0 heterocycles. The van der Waals surface area contributed by atoms with E-state index in [1.54, 1.807) is 18.2 Å². The summed E-state index contributed by atoms with van der Waals surface area (Å²) in [6, 6.07) is 14.8. The maximum absolute atomic E-state index is 11.3. The molecule has 3 aromatic carbocycles. The molecule has 0 spiro atoms. The summed E-state index contributed by atoms with van der Waals surface area (Å²) in [6.07, 6.45) is 0. The van der Waals surface area contributed by atoms with E-state index in [0.29, 0.717) is 16.8 Å². The Morgan fingerprint density at radius 2 is 1.27 bits per heavy atom. The van der Waals surface area contributed by atoms with Gasteiger partial charge in [-0.05, 0) is 23.3 Å². The number of benzene rings is 3. The van der Waals surface area contributed by atoms with Gasteiger partial charge in [-0.3, -0.25) is 35.8 Å². The fourth-order valence-electron chi connectivity index (χ4n) is 3.26. The van der Waals surface area contributed by atoms with Gasteiger partial charge < -0.3 is 0 Å². The van der Waals surface area contributed by atoms with Crippen molar-refractivity contribution in [2.75, 3.05) is 5.43 Å². The summed E-state index contributed by atoms with van der Waals surface area (Å²) in [5, 5.41) is 37.7. The molecule has 0 saturated heterocycles. The monoisotopic (exact) mass is 405 g/mol. The molecule has 1 aliphatic rings. The second-order valence-electron chi connectivity index (χ2n) is 6.32. The van der Waals surface area contributed by atoms with E-state index in [4.69, 9.17) is 0 Å². The van der Waals surface area contributed by atoms with E-state index < -0.39 is 26.1 Å². The number of nitrogens with zero attached hydrogens (tertiary/aromatic N) is 4. The van der Waals surface area contributed by atoms with Crippen LogP contribution in [-0.2, 0) is 0 Å². The van der Waals surface area contributed by atoms with Crippen LogP contribution >= 0.6 is 0 Å². The molecule has 0 aromatic heterocycles. The lowest BCUT2D eigenvalue weighted by Gasteiger charge is -2.05. The van der Waals surface area contributed by atoms with E-state index in [9.17, 15) is 30.3 Å². The first kappa shape index (κ1) is 18.7. The van der Waals surface area contributed by atoms with Crippen molar-refractivity contribution in [3.63, 3.8) is 0 Å². The van der Waals surface area contributed by atoms with Gasteiger partial charge in [-0.25, -0.2) is 0 Å². The molecule has 0 radical (unpaired) electrons. The van der Waals surface area contributed by atoms with Gasteiger partial charge in [-0.1, -0.05) is 24.3 Å². The molecule has 148 valence electrons. The smallest absolute Gasteiger partial charge is 0.271 e. The summed E-state index contributed by atoms with van der Waals surface area (Å²) in [7, 11) is 0. The zero-order chi connectivity index (χ0) is 21.4. The van der Waals surface area contributed by atoms with Crippen LogP contribution in [0.5, 0.6) is 0 Å². The van der Waals surface area contributed by atoms with E-state index in [1.807, 2.05) is 12.1 Å². The van der Waals surface area contributed by atoms with E-state index in [0.717, 1.165) is 23.3 Å². The Kier molecular flexibility index (Phi) is 4.39. The molecule has 4 rings (SSSR count). The number of rotatable bonds is 5. The number of fused-ring (bicyclic) bond motifs is 3. The topological polar surface area (TPSA) is 154 Å². The summed E-state index contributed by atoms with van der Waals surface area (Å²) >= 11 is 0. The average Bonchev–Trinajstić information content (AvgIpc) is 3.05. The van der Waals surface area contributed by atoms with Crippen LogP contribution in [0.3, 0.4) is 0 Å². The summed E-state index contributed by atoms with van der Waals surface area (Å²) in [6.45, 7) is 0. The molecular formula is C19H11N5O6. The highest BCUT2D eigenvalue weighted by molar-refractivity contribution is 6.24. The number of nitrogens with one attached hydrogen (secondary N) is 1. The molecule has 30 heavy (non-hydrogen) atoms. The number of hydrazone groups is 1. The van der Waals surface area contributed by atoms with Crippen LogP contribution in [0.4, 0.5) is 22.7 Å². The molecule has 0 fully saturated rings. The number of nitro benzene ring substituents is 3. The third-order valence-electron chi connectivity index (χ3n) is 4.62. The van der Waals surface area contributed by atoms with E-state index >= 15 is 0 Å². The van der Waals surface area contributed by atoms with Gasteiger partial charge in [0.15, 0.2) is 0 Å². The van der Waals surface area contributed by atoms with Crippen molar-refractivity contribution in [1.29, 1.82) is 0 Å². The van der Waals surface area contributed by atoms with Crippen LogP contribution in [0, 0.1) is 30.3 Å². The minimum atomic E-state index is -0.753. The van der Waals surface area contributed by atoms with Crippen molar-refractivity contribution in [3.8, 4) is 11.1 Å². The van der Waals surface area contributed by atoms with Gasteiger partial charge in [0.25, 0.3) is 11.4 Å². The zero-order valence-corrected chi connectivity index (χ0v) is 15.0. The Morgan fingerprint density at radius 1 is 0.667 bits per heavy atom. The van der Waals surface area contributed by atoms with Crippen molar-refractivity contribution in [3.05, 3.63) is 102 Å². The third kappa shape index (κ3) is 3.09. The summed E-state index contributed by atoms with van der Waals surface area (Å²) in [4.78, 5) is 31.4. The molecule has 0 atom stereocenters. The fraction of sp³-hybridized carbons (Fsp3) is 0. The Morgan fingerprint density at radius 3 is 1.93 bits per heavy atom. The summed E-state index contributed by atoms with van der Waals surface area (Å²) in [5.41, 5.74) is 4.63. The van der Waals surface area contributed by atoms with Crippen molar-refractivity contribution >= 4 is 28.5 Å². The highest BCUT2D eigenvalue weighted by Gasteiger charge is 2.27. The van der Waals surface area contributed by atoms with Crippen LogP contribution in [0.2, 0.25) is 0 Å². The second kappa shape index (κ2) is 7.05. The molecule has 0 unspecified atom stereocenters. The molecule has 0 aliphatic heterocycles. The van der Waals surface area contributed by atoms with Crippen molar-refractivity contribution < 1.29 is 14.8 Å². The normalized spacial score (nSPS) is 12.9. The van der Waals surface area contributed by atoms with Crippen LogP contribution in [0.1, 0.15) is 11.1 Å². The minimum Gasteiger partial charge on any atom is -0.271 e. The lowest BCUT2D eigenvalue weighted by Crippen LogP contribution is -2.05. The highest BCUT2D eigenvalue weighted by Crippen LogP contribution is 2.39. The standard InChI is InChI=1S/C19H11N5O6/c25-22(26)11-5-7-14-13-3-1-2-4-15(13)19(16(14)9-11)21-20-17-8-6-12(23(27)28)10-18(17)24(29)30/h1-10,20H/b21-19+. The predicted octanol–water partition coefficient (Wildman–Crippen LogP) is 4.26. The predicted molar refractivity (Wildman–Crippen MR) is 108 cm³/mol. The number of non-ortho nitro benzene ring substituents is 2. The Balaban J connectivity index is 1.82. The minimum absolute atomic E-state index is 0.0468. The summed E-state index contributed by atoms with van der Waals surface area (Å²) in [5.74, 6) is 0. The van der Waals surface area contributed by atoms with Gasteiger partial charge in [-0.2, -0.15) is 5.10 Å². The molecule has 3 aromatic rings. The first-order valence-corrected chi connectivity index (χ1v) is 8.52. The largest absolute Gasteiger partial charge is 0.301 e. The summed E-state index contributed by atoms with van der Waals surface area (Å²) < 4.78 is 0. The Hall–Kier alpha value is -4.67. The van der Waals surface area contributed by atoms with Gasteiger partial charge in [0.1, 0.15) is 5.69 Å². The molecular weight excluding hydrogens is 394 g/mol. The van der Waals surface area contributed by atoms with Gasteiger partial charge in [0.2, 0.25) is 0 Å². The van der Waals surface area contributed by atoms with Crippen LogP contribution in [0.15, 0.2) is 65.8 Å². The van der Waals surface area contributed by atoms with Crippen LogP contribution in [0.25, 0.3) is 11.1 Å². The number of hydrogen-bond acceptors (Lipinski definition) is 8. The van der Waals surface area contributed by atoms with Crippen molar-refractivity contribution in [1.82, 2.24) is 0 Å². The number of anilines is 1. The van der Waals surface area contributed by atoms with E-state index in [-0.39, 0.29) is 11.4 Å². The first-order valence-electron chi connectivity index (χ1n) is 8.52. The van der Waals surface area contributed by atoms with Gasteiger partial charge in [-0.15, -0.1) is 0 Å². The first-order chi connectivity index (χ1) is 14.4. The quantitative estimate of drug-likeness (QED) is 0.384. The lowest BCUT2D eigenvalue weighted by atomic mass is 10.1. The van der Waals surface area contributed by atoms with Crippen LogP contribution < -0.4 is 5.43 Å². The molecule has 0 bridgehead atoms. The van der Waals surface area contributed by atoms with Gasteiger partial charge >= 0.3 is 5.69 Å². The average molecular weight is 405 g/mol. The van der Waals surface area contributed by atoms with E-state index in [1.165, 1.54) is 18.2 Å².